The minimum absolute atomic E-state index is 0.256. The lowest BCUT2D eigenvalue weighted by atomic mass is 10.1. The van der Waals surface area contributed by atoms with Crippen molar-refractivity contribution >= 4 is 23.4 Å². The van der Waals surface area contributed by atoms with Crippen LogP contribution >= 0.6 is 0 Å². The molecule has 1 aliphatic heterocycles. The lowest BCUT2D eigenvalue weighted by Gasteiger charge is -2.15. The van der Waals surface area contributed by atoms with Gasteiger partial charge in [0.15, 0.2) is 5.82 Å². The van der Waals surface area contributed by atoms with Gasteiger partial charge in [-0.2, -0.15) is 0 Å². The number of amides is 1. The second kappa shape index (κ2) is 8.73. The molecule has 0 atom stereocenters. The number of carbonyl (C=O) groups is 2. The molecule has 1 aromatic heterocycles. The van der Waals surface area contributed by atoms with E-state index in [-0.39, 0.29) is 5.91 Å². The molecule has 1 N–H and O–H groups in total. The van der Waals surface area contributed by atoms with Gasteiger partial charge in [-0.15, -0.1) is 10.2 Å². The molecule has 0 saturated carbocycles. The first-order valence-electron chi connectivity index (χ1n) is 9.83. The molecule has 2 aromatic carbocycles. The number of hydrogen-bond acceptors (Lipinski definition) is 6. The Kier molecular flexibility index (Phi) is 5.70. The van der Waals surface area contributed by atoms with Crippen molar-refractivity contribution in [1.82, 2.24) is 10.2 Å². The number of nitrogens with one attached hydrogen (secondary N) is 1. The van der Waals surface area contributed by atoms with Crippen molar-refractivity contribution < 1.29 is 14.3 Å². The van der Waals surface area contributed by atoms with Gasteiger partial charge in [0, 0.05) is 29.9 Å². The fraction of sp³-hybridized carbons (Fsp3) is 0.217. The predicted molar refractivity (Wildman–Crippen MR) is 115 cm³/mol. The molecule has 7 nitrogen and oxygen atoms in total. The van der Waals surface area contributed by atoms with Crippen LogP contribution in [0.15, 0.2) is 60.7 Å². The number of anilines is 2. The molecular weight excluding hydrogens is 380 g/mol. The Morgan fingerprint density at radius 1 is 0.867 bits per heavy atom. The molecule has 0 radical (unpaired) electrons. The zero-order valence-corrected chi connectivity index (χ0v) is 16.7. The average molecular weight is 402 g/mol. The highest BCUT2D eigenvalue weighted by molar-refractivity contribution is 6.04. The van der Waals surface area contributed by atoms with Crippen LogP contribution < -0.4 is 10.2 Å². The summed E-state index contributed by atoms with van der Waals surface area (Å²) < 4.78 is 4.66. The molecule has 2 heterocycles. The van der Waals surface area contributed by atoms with Crippen molar-refractivity contribution in [2.24, 2.45) is 0 Å². The summed E-state index contributed by atoms with van der Waals surface area (Å²) in [5.41, 5.74) is 3.23. The molecule has 3 aromatic rings. The van der Waals surface area contributed by atoms with Crippen LogP contribution in [0.1, 0.15) is 33.6 Å². The molecule has 7 heteroatoms. The van der Waals surface area contributed by atoms with Crippen LogP contribution in [0.3, 0.4) is 0 Å². The second-order valence-corrected chi connectivity index (χ2v) is 7.07. The third-order valence-electron chi connectivity index (χ3n) is 5.09. The van der Waals surface area contributed by atoms with Gasteiger partial charge in [0.1, 0.15) is 0 Å². The van der Waals surface area contributed by atoms with E-state index in [1.807, 2.05) is 36.4 Å². The molecular formula is C23H22N4O3. The number of esters is 1. The van der Waals surface area contributed by atoms with Gasteiger partial charge >= 0.3 is 5.97 Å². The first kappa shape index (κ1) is 19.6. The van der Waals surface area contributed by atoms with Crippen molar-refractivity contribution in [3.05, 3.63) is 71.8 Å². The molecule has 0 aliphatic carbocycles. The first-order valence-corrected chi connectivity index (χ1v) is 9.83. The lowest BCUT2D eigenvalue weighted by molar-refractivity contribution is 0.0600. The summed E-state index contributed by atoms with van der Waals surface area (Å²) in [6.45, 7) is 2.07. The molecule has 152 valence electrons. The van der Waals surface area contributed by atoms with E-state index in [4.69, 9.17) is 0 Å². The van der Waals surface area contributed by atoms with E-state index in [2.05, 4.69) is 25.2 Å². The van der Waals surface area contributed by atoms with Gasteiger partial charge in [0.05, 0.1) is 18.4 Å². The van der Waals surface area contributed by atoms with Gasteiger partial charge in [-0.05, 0) is 61.4 Å². The molecule has 1 amide bonds. The van der Waals surface area contributed by atoms with Crippen LogP contribution in [0, 0.1) is 0 Å². The summed E-state index contributed by atoms with van der Waals surface area (Å²) in [6.07, 6.45) is 2.40. The van der Waals surface area contributed by atoms with Crippen LogP contribution in [0.2, 0.25) is 0 Å². The molecule has 4 rings (SSSR count). The Morgan fingerprint density at radius 2 is 1.53 bits per heavy atom. The number of benzene rings is 2. The van der Waals surface area contributed by atoms with Crippen LogP contribution in [0.25, 0.3) is 11.3 Å². The zero-order chi connectivity index (χ0) is 20.9. The first-order chi connectivity index (χ1) is 14.6. The van der Waals surface area contributed by atoms with Gasteiger partial charge in [-0.25, -0.2) is 4.79 Å². The Balaban J connectivity index is 1.40. The van der Waals surface area contributed by atoms with E-state index in [1.54, 1.807) is 24.3 Å². The van der Waals surface area contributed by atoms with E-state index < -0.39 is 5.97 Å². The molecule has 0 bridgehead atoms. The van der Waals surface area contributed by atoms with Crippen molar-refractivity contribution in [2.45, 2.75) is 12.8 Å². The SMILES string of the molecule is COC(=O)c1ccc(C(=O)Nc2ccc(-c3ccc(N4CCCC4)nn3)cc2)cc1. The number of nitrogens with zero attached hydrogens (tertiary/aromatic N) is 3. The van der Waals surface area contributed by atoms with Crippen LogP contribution in [0.5, 0.6) is 0 Å². The van der Waals surface area contributed by atoms with Gasteiger partial charge in [0.2, 0.25) is 0 Å². The topological polar surface area (TPSA) is 84.4 Å². The quantitative estimate of drug-likeness (QED) is 0.654. The molecule has 1 saturated heterocycles. The maximum atomic E-state index is 12.4. The predicted octanol–water partition coefficient (Wildman–Crippen LogP) is 3.78. The summed E-state index contributed by atoms with van der Waals surface area (Å²) in [5.74, 6) is 0.224. The number of ether oxygens (including phenoxy) is 1. The number of methoxy groups -OCH3 is 1. The monoisotopic (exact) mass is 402 g/mol. The summed E-state index contributed by atoms with van der Waals surface area (Å²) >= 11 is 0. The molecule has 0 spiro atoms. The van der Waals surface area contributed by atoms with E-state index in [0.717, 1.165) is 30.2 Å². The molecule has 30 heavy (non-hydrogen) atoms. The summed E-state index contributed by atoms with van der Waals surface area (Å²) in [7, 11) is 1.32. The van der Waals surface area contributed by atoms with Crippen molar-refractivity contribution in [3.8, 4) is 11.3 Å². The number of rotatable bonds is 5. The van der Waals surface area contributed by atoms with Crippen LogP contribution in [0.4, 0.5) is 11.5 Å². The standard InChI is InChI=1S/C23H22N4O3/c1-30-23(29)18-6-4-17(5-7-18)22(28)24-19-10-8-16(9-11-19)20-12-13-21(26-25-20)27-14-2-3-15-27/h4-13H,2-3,14-15H2,1H3,(H,24,28). The van der Waals surface area contributed by atoms with Gasteiger partial charge in [-0.3, -0.25) is 4.79 Å². The highest BCUT2D eigenvalue weighted by Crippen LogP contribution is 2.22. The summed E-state index contributed by atoms with van der Waals surface area (Å²) in [5, 5.41) is 11.5. The third-order valence-corrected chi connectivity index (χ3v) is 5.09. The third kappa shape index (κ3) is 4.30. The van der Waals surface area contributed by atoms with Gasteiger partial charge in [-0.1, -0.05) is 12.1 Å². The Labute approximate surface area is 174 Å². The number of carbonyl (C=O) groups excluding carboxylic acids is 2. The van der Waals surface area contributed by atoms with Crippen LogP contribution in [-0.2, 0) is 4.74 Å². The number of aromatic nitrogens is 2. The zero-order valence-electron chi connectivity index (χ0n) is 16.7. The lowest BCUT2D eigenvalue weighted by Crippen LogP contribution is -2.19. The minimum atomic E-state index is -0.436. The fourth-order valence-corrected chi connectivity index (χ4v) is 3.40. The van der Waals surface area contributed by atoms with Crippen molar-refractivity contribution in [2.75, 3.05) is 30.4 Å². The summed E-state index contributed by atoms with van der Waals surface area (Å²) in [4.78, 5) is 26.2. The Morgan fingerprint density at radius 3 is 2.13 bits per heavy atom. The highest BCUT2D eigenvalue weighted by Gasteiger charge is 2.14. The van der Waals surface area contributed by atoms with Crippen molar-refractivity contribution in [1.29, 1.82) is 0 Å². The van der Waals surface area contributed by atoms with Crippen molar-refractivity contribution in [3.63, 3.8) is 0 Å². The van der Waals surface area contributed by atoms with Crippen LogP contribution in [-0.4, -0.2) is 42.3 Å². The average Bonchev–Trinajstić information content (AvgIpc) is 3.34. The largest absolute Gasteiger partial charge is 0.465 e. The van der Waals surface area contributed by atoms with E-state index in [0.29, 0.717) is 16.8 Å². The minimum Gasteiger partial charge on any atom is -0.465 e. The molecule has 1 aliphatic rings. The van der Waals surface area contributed by atoms with Gasteiger partial charge in [0.25, 0.3) is 5.91 Å². The summed E-state index contributed by atoms with van der Waals surface area (Å²) in [6, 6.07) is 17.7. The van der Waals surface area contributed by atoms with Gasteiger partial charge < -0.3 is 15.0 Å². The fourth-order valence-electron chi connectivity index (χ4n) is 3.40. The maximum Gasteiger partial charge on any atom is 0.337 e. The van der Waals surface area contributed by atoms with E-state index in [1.165, 1.54) is 20.0 Å². The highest BCUT2D eigenvalue weighted by atomic mass is 16.5. The number of hydrogen-bond donors (Lipinski definition) is 1. The van der Waals surface area contributed by atoms with E-state index >= 15 is 0 Å². The molecule has 1 fully saturated rings. The van der Waals surface area contributed by atoms with E-state index in [9.17, 15) is 9.59 Å². The normalized spacial score (nSPS) is 13.2. The Hall–Kier alpha value is -3.74. The second-order valence-electron chi connectivity index (χ2n) is 7.07. The smallest absolute Gasteiger partial charge is 0.337 e. The molecule has 0 unspecified atom stereocenters. The maximum absolute atomic E-state index is 12.4. The Bertz CT molecular complexity index is 1030.